The molecule has 0 atom stereocenters. The number of aryl methyl sites for hydroxylation is 11. The Bertz CT molecular complexity index is 7040. The average Bonchev–Trinajstić information content (AvgIpc) is 1.52. The van der Waals surface area contributed by atoms with Gasteiger partial charge in [0.15, 0.2) is 24.8 Å². The van der Waals surface area contributed by atoms with Crippen LogP contribution in [0.15, 0.2) is 267 Å². The van der Waals surface area contributed by atoms with Crippen LogP contribution in [0.2, 0.25) is 0 Å². The molecule has 0 aliphatic carbocycles. The zero-order valence-electron chi connectivity index (χ0n) is 66.9. The number of hydrogen-bond acceptors (Lipinski definition) is 8. The monoisotopic (exact) mass is 1350 g/mol. The van der Waals surface area contributed by atoms with E-state index >= 15 is 0 Å². The van der Waals surface area contributed by atoms with Crippen LogP contribution < -0.4 is 18.3 Å². The summed E-state index contributed by atoms with van der Waals surface area (Å²) in [6.45, 7) is 1.34. The lowest BCUT2D eigenvalue weighted by Crippen LogP contribution is -2.31. The fourth-order valence-corrected chi connectivity index (χ4v) is 15.0. The maximum atomic E-state index is 8.19. The number of fused-ring (bicyclic) bond motifs is 20. The fourth-order valence-electron chi connectivity index (χ4n) is 15.0. The zero-order valence-corrected chi connectivity index (χ0v) is 57.9. The molecule has 0 aliphatic rings. The third kappa shape index (κ3) is 10.8. The molecule has 0 saturated carbocycles. The van der Waals surface area contributed by atoms with Crippen LogP contribution in [-0.4, -0.2) is 19.9 Å². The van der Waals surface area contributed by atoms with E-state index in [1.807, 2.05) is 135 Å². The number of benzene rings is 8. The Kier molecular flexibility index (Phi) is 13.3. The highest BCUT2D eigenvalue weighted by molar-refractivity contribution is 6.23. The normalized spacial score (nSPS) is 13.3. The first kappa shape index (κ1) is 54.1. The molecular weight excluding hydrogens is 1270 g/mol. The van der Waals surface area contributed by atoms with Gasteiger partial charge in [-0.2, -0.15) is 18.3 Å². The lowest BCUT2D eigenvalue weighted by molar-refractivity contribution is -0.659. The second kappa shape index (κ2) is 25.4. The maximum absolute atomic E-state index is 8.19. The van der Waals surface area contributed by atoms with E-state index in [1.165, 1.54) is 22.3 Å². The largest absolute Gasteiger partial charge is 0.449 e. The predicted molar refractivity (Wildman–Crippen MR) is 416 cm³/mol. The van der Waals surface area contributed by atoms with Crippen molar-refractivity contribution in [2.45, 2.75) is 48.3 Å². The first-order valence-electron chi connectivity index (χ1n) is 38.5. The number of pyridine rings is 8. The topological polar surface area (TPSA) is 120 Å². The van der Waals surface area contributed by atoms with E-state index in [9.17, 15) is 0 Å². The Morgan fingerprint density at radius 1 is 0.301 bits per heavy atom. The van der Waals surface area contributed by atoms with E-state index in [2.05, 4.69) is 148 Å². The highest BCUT2D eigenvalue weighted by Crippen LogP contribution is 2.43. The van der Waals surface area contributed by atoms with Gasteiger partial charge in [-0.1, -0.05) is 96.1 Å². The molecule has 0 unspecified atom stereocenters. The van der Waals surface area contributed by atoms with E-state index in [4.69, 9.17) is 30.0 Å². The Balaban J connectivity index is 0.000000109. The smallest absolute Gasteiger partial charge is 0.256 e. The third-order valence-corrected chi connectivity index (χ3v) is 19.9. The van der Waals surface area contributed by atoms with E-state index in [0.717, 1.165) is 149 Å². The summed E-state index contributed by atoms with van der Waals surface area (Å²) in [5.74, 6) is 0. The van der Waals surface area contributed by atoms with E-state index in [-0.39, 0.29) is 11.1 Å². The van der Waals surface area contributed by atoms with Crippen molar-refractivity contribution in [3.63, 3.8) is 0 Å². The molecule has 498 valence electrons. The number of nitrogens with zero attached hydrogens (tertiary/aromatic N) is 8. The van der Waals surface area contributed by atoms with Crippen LogP contribution >= 0.6 is 0 Å². The molecule has 12 heterocycles. The first-order valence-corrected chi connectivity index (χ1v) is 34.0. The molecule has 103 heavy (non-hydrogen) atoms. The van der Waals surface area contributed by atoms with Crippen LogP contribution in [0.3, 0.4) is 0 Å². The lowest BCUT2D eigenvalue weighted by Gasteiger charge is -2.07. The van der Waals surface area contributed by atoms with Crippen molar-refractivity contribution in [2.24, 2.45) is 28.2 Å². The van der Waals surface area contributed by atoms with Gasteiger partial charge >= 0.3 is 0 Å². The number of rotatable bonds is 4. The first-order chi connectivity index (χ1) is 53.8. The molecule has 0 N–H and O–H groups in total. The fraction of sp³-hybridized carbons (Fsp3) is 0.121. The summed E-state index contributed by atoms with van der Waals surface area (Å²) in [5.41, 5.74) is 22.6. The number of furan rings is 4. The summed E-state index contributed by atoms with van der Waals surface area (Å²) in [5, 5.41) is 11.8. The standard InChI is InChI=1S/C24H21N2O.C23H19N2O.2C22H17N2O/c1-14-7-8-17(15(2)12-14)23-24-21(16(3)13-26(23)4)22-18-6-5-11-25-19(18)9-10-20(22)27-24;1-14-6-8-17(15(2)13-14)22-23-18(10-12-25(22)3)20-19(26-23)9-7-16-5-4-11-24-21(16)20;1-14-6-3-4-8-16(14)21-22-17(11-13-24(21)2)19-18(25-22)10-9-15-7-5-12-23-20(15)19;1-14-6-3-4-7-15(14)21-22-17(11-13-24(21)2)20-16-8-5-12-23-18(16)9-10-19(20)25-22/h5-13H,1-4H3;4-13H,1-3H3;2*3-13H,1-2H3/q4*+1/i1D3,3D3;1D3;;. The molecule has 0 aliphatic heterocycles. The summed E-state index contributed by atoms with van der Waals surface area (Å²) in [7, 11) is 7.86. The minimum Gasteiger partial charge on any atom is -0.449 e. The van der Waals surface area contributed by atoms with Crippen LogP contribution in [0.5, 0.6) is 0 Å². The van der Waals surface area contributed by atoms with Gasteiger partial charge in [0.2, 0.25) is 22.3 Å². The van der Waals surface area contributed by atoms with Crippen molar-refractivity contribution in [3.8, 4) is 45.0 Å². The summed E-state index contributed by atoms with van der Waals surface area (Å²) in [6.07, 6.45) is 15.0. The SMILES string of the molecule is Cc1ccccc1-c1c2oc3ccc4cccnc4c3c2cc[n+]1C.Cc1ccccc1-c1c2oc3ccc4ncccc4c3c2cc[n+]1C.[2H]C([2H])([2H])c1ccc(-c2c3oc4ccc5cccnc5c4c3cc[n+]2C)c(C)c1.[2H]C([2H])([2H])c1ccc(-c2c3oc4ccc5ncccc5c4c3c(C([2H])([2H])[2H])c[n+]2C)c(C)c1. The Labute approximate surface area is 606 Å². The van der Waals surface area contributed by atoms with Crippen LogP contribution in [0.25, 0.3) is 176 Å². The molecule has 20 aromatic rings. The van der Waals surface area contributed by atoms with Crippen molar-refractivity contribution in [1.82, 2.24) is 19.9 Å². The van der Waals surface area contributed by atoms with Gasteiger partial charge < -0.3 is 17.7 Å². The molecular formula is C91H74N8O4+4. The molecule has 0 radical (unpaired) electrons. The zero-order chi connectivity index (χ0) is 78.0. The quantitative estimate of drug-likeness (QED) is 0.160. The second-order valence-corrected chi connectivity index (χ2v) is 26.4. The van der Waals surface area contributed by atoms with Gasteiger partial charge in [0.25, 0.3) is 22.8 Å². The van der Waals surface area contributed by atoms with Crippen molar-refractivity contribution in [1.29, 1.82) is 0 Å². The van der Waals surface area contributed by atoms with Crippen LogP contribution in [0.4, 0.5) is 0 Å². The number of hydrogen-bond donors (Lipinski definition) is 0. The van der Waals surface area contributed by atoms with Gasteiger partial charge in [0.05, 0.1) is 55.1 Å². The van der Waals surface area contributed by atoms with Gasteiger partial charge in [-0.3, -0.25) is 19.9 Å². The van der Waals surface area contributed by atoms with Crippen molar-refractivity contribution in [3.05, 3.63) is 289 Å². The highest BCUT2D eigenvalue weighted by atomic mass is 16.3. The summed E-state index contributed by atoms with van der Waals surface area (Å²) in [6, 6.07) is 65.1. The summed E-state index contributed by atoms with van der Waals surface area (Å²) < 4.78 is 104. The third-order valence-electron chi connectivity index (χ3n) is 19.9. The summed E-state index contributed by atoms with van der Waals surface area (Å²) >= 11 is 0. The molecule has 12 aromatic heterocycles. The van der Waals surface area contributed by atoms with Gasteiger partial charge in [-0.15, -0.1) is 0 Å². The van der Waals surface area contributed by atoms with Crippen molar-refractivity contribution < 1.29 is 48.3 Å². The molecule has 0 fully saturated rings. The molecule has 0 spiro atoms. The van der Waals surface area contributed by atoms with Crippen molar-refractivity contribution >= 4 is 131 Å². The molecule has 0 bridgehead atoms. The minimum atomic E-state index is -2.37. The average molecular weight is 1350 g/mol. The van der Waals surface area contributed by atoms with Crippen molar-refractivity contribution in [2.75, 3.05) is 0 Å². The molecule has 20 rings (SSSR count). The molecule has 12 heteroatoms. The highest BCUT2D eigenvalue weighted by Gasteiger charge is 2.29. The van der Waals surface area contributed by atoms with E-state index in [1.54, 1.807) is 60.5 Å². The van der Waals surface area contributed by atoms with Crippen LogP contribution in [-0.2, 0) is 28.2 Å². The van der Waals surface area contributed by atoms with Gasteiger partial charge in [-0.25, -0.2) is 0 Å². The molecule has 8 aromatic carbocycles. The lowest BCUT2D eigenvalue weighted by atomic mass is 9.98. The Hall–Kier alpha value is -12.8. The molecule has 0 amide bonds. The van der Waals surface area contributed by atoms with E-state index in [0.29, 0.717) is 33.2 Å². The minimum absolute atomic E-state index is 0.190. The number of aromatic nitrogens is 8. The Morgan fingerprint density at radius 2 is 0.699 bits per heavy atom. The van der Waals surface area contributed by atoms with E-state index < -0.39 is 20.6 Å². The van der Waals surface area contributed by atoms with Gasteiger partial charge in [0, 0.05) is 115 Å². The second-order valence-electron chi connectivity index (χ2n) is 26.4. The molecule has 12 nitrogen and oxygen atoms in total. The predicted octanol–water partition coefficient (Wildman–Crippen LogP) is 20.7. The molecule has 0 saturated heterocycles. The Morgan fingerprint density at radius 3 is 1.17 bits per heavy atom. The van der Waals surface area contributed by atoms with Crippen LogP contribution in [0, 0.1) is 48.3 Å². The van der Waals surface area contributed by atoms with Gasteiger partial charge in [0.1, 0.15) is 50.5 Å². The van der Waals surface area contributed by atoms with Gasteiger partial charge in [-0.05, 0) is 168 Å². The maximum Gasteiger partial charge on any atom is 0.256 e. The van der Waals surface area contributed by atoms with Crippen LogP contribution in [0.1, 0.15) is 51.3 Å². The summed E-state index contributed by atoms with van der Waals surface area (Å²) in [4.78, 5) is 18.1.